The fraction of sp³-hybridized carbons (Fsp3) is 0.167. The number of aryl methyl sites for hydroxylation is 1. The number of fused-ring (bicyclic) bond motifs is 1. The second-order valence-corrected chi connectivity index (χ2v) is 6.39. The number of benzene rings is 2. The summed E-state index contributed by atoms with van der Waals surface area (Å²) in [5.41, 5.74) is 1.60. The van der Waals surface area contributed by atoms with Crippen LogP contribution in [0.2, 0.25) is 0 Å². The predicted octanol–water partition coefficient (Wildman–Crippen LogP) is 2.48. The molecule has 0 aliphatic carbocycles. The van der Waals surface area contributed by atoms with Crippen molar-refractivity contribution in [2.24, 2.45) is 7.05 Å². The van der Waals surface area contributed by atoms with Gasteiger partial charge < -0.3 is 9.88 Å². The lowest BCUT2D eigenvalue weighted by molar-refractivity contribution is -0.118. The molecule has 0 fully saturated rings. The van der Waals surface area contributed by atoms with E-state index in [0.29, 0.717) is 11.1 Å². The Morgan fingerprint density at radius 1 is 1.20 bits per heavy atom. The van der Waals surface area contributed by atoms with Gasteiger partial charge in [-0.2, -0.15) is 0 Å². The molecule has 1 heterocycles. The standard InChI is InChI=1S/C18H16FN3O2S/c1-22-15-9-5-4-8-14(15)21-17(18(22)24)25-11-16(23)20-10-12-6-2-3-7-13(12)19/h2-9H,10-11H2,1H3,(H,20,23). The molecule has 0 spiro atoms. The van der Waals surface area contributed by atoms with Crippen LogP contribution in [0.1, 0.15) is 5.56 Å². The molecular formula is C18H16FN3O2S. The van der Waals surface area contributed by atoms with Crippen molar-refractivity contribution in [2.75, 3.05) is 5.75 Å². The van der Waals surface area contributed by atoms with E-state index in [2.05, 4.69) is 10.3 Å². The van der Waals surface area contributed by atoms with E-state index in [-0.39, 0.29) is 34.6 Å². The maximum absolute atomic E-state index is 13.5. The zero-order valence-electron chi connectivity index (χ0n) is 13.5. The summed E-state index contributed by atoms with van der Waals surface area (Å²) < 4.78 is 15.0. The van der Waals surface area contributed by atoms with Crippen molar-refractivity contribution >= 4 is 28.7 Å². The van der Waals surface area contributed by atoms with Crippen LogP contribution in [0, 0.1) is 5.82 Å². The molecule has 1 amide bonds. The van der Waals surface area contributed by atoms with E-state index in [9.17, 15) is 14.0 Å². The van der Waals surface area contributed by atoms with E-state index in [1.54, 1.807) is 25.2 Å². The summed E-state index contributed by atoms with van der Waals surface area (Å²) in [6.07, 6.45) is 0. The third-order valence-corrected chi connectivity index (χ3v) is 4.67. The molecule has 25 heavy (non-hydrogen) atoms. The highest BCUT2D eigenvalue weighted by molar-refractivity contribution is 7.99. The Morgan fingerprint density at radius 2 is 1.92 bits per heavy atom. The molecule has 3 aromatic rings. The molecule has 5 nitrogen and oxygen atoms in total. The summed E-state index contributed by atoms with van der Waals surface area (Å²) in [7, 11) is 1.68. The van der Waals surface area contributed by atoms with Crippen LogP contribution in [0.5, 0.6) is 0 Å². The van der Waals surface area contributed by atoms with Crippen LogP contribution in [0.4, 0.5) is 4.39 Å². The first-order valence-electron chi connectivity index (χ1n) is 7.65. The van der Waals surface area contributed by atoms with Gasteiger partial charge in [0, 0.05) is 19.2 Å². The maximum Gasteiger partial charge on any atom is 0.283 e. The Morgan fingerprint density at radius 3 is 2.72 bits per heavy atom. The van der Waals surface area contributed by atoms with Gasteiger partial charge in [-0.3, -0.25) is 9.59 Å². The van der Waals surface area contributed by atoms with Crippen LogP contribution in [0.3, 0.4) is 0 Å². The van der Waals surface area contributed by atoms with Crippen molar-refractivity contribution in [3.63, 3.8) is 0 Å². The van der Waals surface area contributed by atoms with Crippen molar-refractivity contribution in [3.05, 3.63) is 70.3 Å². The highest BCUT2D eigenvalue weighted by atomic mass is 32.2. The fourth-order valence-corrected chi connectivity index (χ4v) is 3.16. The van der Waals surface area contributed by atoms with Crippen LogP contribution in [0.15, 0.2) is 58.4 Å². The van der Waals surface area contributed by atoms with Crippen molar-refractivity contribution < 1.29 is 9.18 Å². The normalized spacial score (nSPS) is 10.8. The number of carbonyl (C=O) groups is 1. The van der Waals surface area contributed by atoms with Gasteiger partial charge >= 0.3 is 0 Å². The number of halogens is 1. The first-order chi connectivity index (χ1) is 12.1. The second kappa shape index (κ2) is 7.48. The van der Waals surface area contributed by atoms with Gasteiger partial charge in [0.1, 0.15) is 5.82 Å². The summed E-state index contributed by atoms with van der Waals surface area (Å²) in [6, 6.07) is 13.6. The van der Waals surface area contributed by atoms with Crippen LogP contribution in [-0.4, -0.2) is 21.2 Å². The average Bonchev–Trinajstić information content (AvgIpc) is 2.63. The van der Waals surface area contributed by atoms with Gasteiger partial charge in [0.15, 0.2) is 5.03 Å². The van der Waals surface area contributed by atoms with Crippen molar-refractivity contribution in [1.82, 2.24) is 14.9 Å². The zero-order chi connectivity index (χ0) is 17.8. The van der Waals surface area contributed by atoms with Gasteiger partial charge in [0.05, 0.1) is 16.8 Å². The quantitative estimate of drug-likeness (QED) is 0.713. The van der Waals surface area contributed by atoms with Gasteiger partial charge in [0.25, 0.3) is 5.56 Å². The van der Waals surface area contributed by atoms with Gasteiger partial charge in [-0.1, -0.05) is 42.1 Å². The number of hydrogen-bond donors (Lipinski definition) is 1. The number of para-hydroxylation sites is 2. The SMILES string of the molecule is Cn1c(=O)c(SCC(=O)NCc2ccccc2F)nc2ccccc21. The smallest absolute Gasteiger partial charge is 0.283 e. The Kier molecular flexibility index (Phi) is 5.14. The number of rotatable bonds is 5. The third-order valence-electron chi connectivity index (χ3n) is 3.73. The molecule has 0 radical (unpaired) electrons. The molecule has 0 aliphatic heterocycles. The van der Waals surface area contributed by atoms with Gasteiger partial charge in [-0.05, 0) is 18.2 Å². The van der Waals surface area contributed by atoms with Gasteiger partial charge in [0.2, 0.25) is 5.91 Å². The number of nitrogens with zero attached hydrogens (tertiary/aromatic N) is 2. The molecule has 128 valence electrons. The molecule has 1 aromatic heterocycles. The summed E-state index contributed by atoms with van der Waals surface area (Å²) in [4.78, 5) is 28.6. The maximum atomic E-state index is 13.5. The topological polar surface area (TPSA) is 64.0 Å². The lowest BCUT2D eigenvalue weighted by Crippen LogP contribution is -2.26. The largest absolute Gasteiger partial charge is 0.351 e. The molecule has 2 aromatic carbocycles. The van der Waals surface area contributed by atoms with Crippen LogP contribution >= 0.6 is 11.8 Å². The Hall–Kier alpha value is -2.67. The summed E-state index contributed by atoms with van der Waals surface area (Å²) in [6.45, 7) is 0.106. The molecule has 0 atom stereocenters. The molecule has 7 heteroatoms. The first kappa shape index (κ1) is 17.2. The van der Waals surface area contributed by atoms with E-state index in [0.717, 1.165) is 17.3 Å². The second-order valence-electron chi connectivity index (χ2n) is 5.43. The minimum atomic E-state index is -0.361. The Labute approximate surface area is 147 Å². The molecule has 0 saturated heterocycles. The van der Waals surface area contributed by atoms with Crippen LogP contribution in [-0.2, 0) is 18.4 Å². The lowest BCUT2D eigenvalue weighted by Gasteiger charge is -2.08. The number of hydrogen-bond acceptors (Lipinski definition) is 4. The highest BCUT2D eigenvalue weighted by Crippen LogP contribution is 2.15. The van der Waals surface area contributed by atoms with E-state index >= 15 is 0 Å². The lowest BCUT2D eigenvalue weighted by atomic mass is 10.2. The number of amides is 1. The third kappa shape index (κ3) is 3.88. The molecule has 1 N–H and O–H groups in total. The molecule has 0 saturated carbocycles. The minimum Gasteiger partial charge on any atom is -0.351 e. The number of nitrogens with one attached hydrogen (secondary N) is 1. The summed E-state index contributed by atoms with van der Waals surface area (Å²) >= 11 is 1.07. The minimum absolute atomic E-state index is 0.0367. The van der Waals surface area contributed by atoms with E-state index in [1.807, 2.05) is 24.3 Å². The van der Waals surface area contributed by atoms with Crippen LogP contribution in [0.25, 0.3) is 11.0 Å². The van der Waals surface area contributed by atoms with E-state index in [4.69, 9.17) is 0 Å². The van der Waals surface area contributed by atoms with Crippen molar-refractivity contribution in [3.8, 4) is 0 Å². The summed E-state index contributed by atoms with van der Waals surface area (Å²) in [5.74, 6) is -0.611. The Bertz CT molecular complexity index is 987. The molecule has 3 rings (SSSR count). The van der Waals surface area contributed by atoms with Crippen LogP contribution < -0.4 is 10.9 Å². The fourth-order valence-electron chi connectivity index (χ4n) is 2.37. The predicted molar refractivity (Wildman–Crippen MR) is 96.0 cm³/mol. The molecular weight excluding hydrogens is 341 g/mol. The highest BCUT2D eigenvalue weighted by Gasteiger charge is 2.11. The van der Waals surface area contributed by atoms with E-state index < -0.39 is 0 Å². The average molecular weight is 357 g/mol. The number of carbonyl (C=O) groups excluding carboxylic acids is 1. The first-order valence-corrected chi connectivity index (χ1v) is 8.63. The number of aromatic nitrogens is 2. The Balaban J connectivity index is 1.66. The van der Waals surface area contributed by atoms with Crippen molar-refractivity contribution in [2.45, 2.75) is 11.6 Å². The van der Waals surface area contributed by atoms with Gasteiger partial charge in [-0.15, -0.1) is 0 Å². The van der Waals surface area contributed by atoms with E-state index in [1.165, 1.54) is 10.6 Å². The summed E-state index contributed by atoms with van der Waals surface area (Å²) in [5, 5.41) is 2.91. The van der Waals surface area contributed by atoms with Gasteiger partial charge in [-0.25, -0.2) is 9.37 Å². The number of thioether (sulfide) groups is 1. The monoisotopic (exact) mass is 357 g/mol. The van der Waals surface area contributed by atoms with Crippen molar-refractivity contribution in [1.29, 1.82) is 0 Å². The zero-order valence-corrected chi connectivity index (χ0v) is 14.3. The molecule has 0 bridgehead atoms. The molecule has 0 unspecified atom stereocenters. The molecule has 0 aliphatic rings.